The molecule has 1 aliphatic rings. The zero-order valence-corrected chi connectivity index (χ0v) is 17.7. The van der Waals surface area contributed by atoms with Gasteiger partial charge < -0.3 is 24.8 Å². The number of urea groups is 1. The van der Waals surface area contributed by atoms with Crippen molar-refractivity contribution in [1.29, 1.82) is 0 Å². The van der Waals surface area contributed by atoms with Gasteiger partial charge in [-0.2, -0.15) is 0 Å². The van der Waals surface area contributed by atoms with E-state index in [1.807, 2.05) is 25.1 Å². The lowest BCUT2D eigenvalue weighted by Crippen LogP contribution is -2.45. The SMILES string of the molecule is CCOc1cc(C2NC(=O)NC(C)=C2C(=O)OC)ccc1OCc1cccc(Cl)c1. The fourth-order valence-electron chi connectivity index (χ4n) is 3.20. The van der Waals surface area contributed by atoms with E-state index in [1.165, 1.54) is 7.11 Å². The van der Waals surface area contributed by atoms with Crippen LogP contribution in [0.4, 0.5) is 4.79 Å². The van der Waals surface area contributed by atoms with Gasteiger partial charge in [0.25, 0.3) is 0 Å². The number of benzene rings is 2. The fourth-order valence-corrected chi connectivity index (χ4v) is 3.42. The molecule has 0 radical (unpaired) electrons. The van der Waals surface area contributed by atoms with Gasteiger partial charge in [-0.25, -0.2) is 9.59 Å². The van der Waals surface area contributed by atoms with Crippen molar-refractivity contribution in [1.82, 2.24) is 10.6 Å². The van der Waals surface area contributed by atoms with Gasteiger partial charge in [0.05, 0.1) is 25.3 Å². The molecule has 0 fully saturated rings. The molecular weight excluding hydrogens is 408 g/mol. The number of methoxy groups -OCH3 is 1. The smallest absolute Gasteiger partial charge is 0.337 e. The Hall–Kier alpha value is -3.19. The lowest BCUT2D eigenvalue weighted by Gasteiger charge is -2.28. The van der Waals surface area contributed by atoms with Crippen LogP contribution in [0.5, 0.6) is 11.5 Å². The lowest BCUT2D eigenvalue weighted by atomic mass is 9.95. The van der Waals surface area contributed by atoms with Gasteiger partial charge in [0.2, 0.25) is 0 Å². The first kappa shape index (κ1) is 21.5. The van der Waals surface area contributed by atoms with Crippen LogP contribution in [-0.2, 0) is 16.1 Å². The van der Waals surface area contributed by atoms with Gasteiger partial charge >= 0.3 is 12.0 Å². The minimum atomic E-state index is -0.674. The standard InChI is InChI=1S/C22H23ClN2O5/c1-4-29-18-11-15(20-19(21(26)28-3)13(2)24-22(27)25-20)8-9-17(18)30-12-14-6-5-7-16(23)10-14/h5-11,20H,4,12H2,1-3H3,(H2,24,25,27). The number of allylic oxidation sites excluding steroid dienone is 1. The maximum absolute atomic E-state index is 12.3. The molecule has 2 amide bonds. The molecule has 0 saturated heterocycles. The molecule has 0 aliphatic carbocycles. The number of ether oxygens (including phenoxy) is 3. The molecular formula is C22H23ClN2O5. The average Bonchev–Trinajstić information content (AvgIpc) is 2.72. The van der Waals surface area contributed by atoms with Gasteiger partial charge in [-0.1, -0.05) is 29.8 Å². The maximum atomic E-state index is 12.3. The summed E-state index contributed by atoms with van der Waals surface area (Å²) in [5, 5.41) is 6.00. The Bertz CT molecular complexity index is 989. The number of hydrogen-bond donors (Lipinski definition) is 2. The summed E-state index contributed by atoms with van der Waals surface area (Å²) in [4.78, 5) is 24.3. The van der Waals surface area contributed by atoms with Crippen molar-refractivity contribution < 1.29 is 23.8 Å². The molecule has 30 heavy (non-hydrogen) atoms. The quantitative estimate of drug-likeness (QED) is 0.645. The van der Waals surface area contributed by atoms with Gasteiger partial charge in [-0.15, -0.1) is 0 Å². The van der Waals surface area contributed by atoms with Crippen LogP contribution in [0.2, 0.25) is 5.02 Å². The molecule has 2 N–H and O–H groups in total. The summed E-state index contributed by atoms with van der Waals surface area (Å²) in [7, 11) is 1.30. The number of nitrogens with one attached hydrogen (secondary N) is 2. The van der Waals surface area contributed by atoms with Gasteiger partial charge in [-0.05, 0) is 49.2 Å². The van der Waals surface area contributed by atoms with Gasteiger partial charge in [0.1, 0.15) is 6.61 Å². The van der Waals surface area contributed by atoms with E-state index in [0.29, 0.717) is 46.6 Å². The molecule has 8 heteroatoms. The number of carbonyl (C=O) groups excluding carboxylic acids is 2. The highest BCUT2D eigenvalue weighted by atomic mass is 35.5. The number of amides is 2. The first-order valence-corrected chi connectivity index (χ1v) is 9.81. The second kappa shape index (κ2) is 9.54. The van der Waals surface area contributed by atoms with E-state index in [1.54, 1.807) is 31.2 Å². The molecule has 0 spiro atoms. The minimum Gasteiger partial charge on any atom is -0.490 e. The second-order valence-electron chi connectivity index (χ2n) is 6.62. The minimum absolute atomic E-state index is 0.316. The monoisotopic (exact) mass is 430 g/mol. The van der Waals surface area contributed by atoms with Crippen molar-refractivity contribution in [3.8, 4) is 11.5 Å². The third-order valence-corrected chi connectivity index (χ3v) is 4.79. The molecule has 1 atom stereocenters. The second-order valence-corrected chi connectivity index (χ2v) is 7.06. The van der Waals surface area contributed by atoms with Crippen LogP contribution in [0.25, 0.3) is 0 Å². The van der Waals surface area contributed by atoms with Crippen molar-refractivity contribution >= 4 is 23.6 Å². The predicted molar refractivity (Wildman–Crippen MR) is 113 cm³/mol. The van der Waals surface area contributed by atoms with Crippen LogP contribution in [-0.4, -0.2) is 25.7 Å². The largest absolute Gasteiger partial charge is 0.490 e. The Kier molecular flexibility index (Phi) is 6.84. The Morgan fingerprint density at radius 1 is 1.13 bits per heavy atom. The van der Waals surface area contributed by atoms with E-state index in [0.717, 1.165) is 5.56 Å². The summed E-state index contributed by atoms with van der Waals surface area (Å²) in [6, 6.07) is 11.6. The van der Waals surface area contributed by atoms with E-state index >= 15 is 0 Å². The highest BCUT2D eigenvalue weighted by Crippen LogP contribution is 2.35. The molecule has 7 nitrogen and oxygen atoms in total. The third kappa shape index (κ3) is 4.86. The van der Waals surface area contributed by atoms with Crippen molar-refractivity contribution in [2.45, 2.75) is 26.5 Å². The van der Waals surface area contributed by atoms with Crippen LogP contribution >= 0.6 is 11.6 Å². The summed E-state index contributed by atoms with van der Waals surface area (Å²) in [6.07, 6.45) is 0. The van der Waals surface area contributed by atoms with Crippen LogP contribution in [0.15, 0.2) is 53.7 Å². The maximum Gasteiger partial charge on any atom is 0.337 e. The van der Waals surface area contributed by atoms with Gasteiger partial charge in [0.15, 0.2) is 11.5 Å². The molecule has 3 rings (SSSR count). The Balaban J connectivity index is 1.90. The molecule has 2 aromatic rings. The van der Waals surface area contributed by atoms with Gasteiger partial charge in [-0.3, -0.25) is 0 Å². The van der Waals surface area contributed by atoms with Crippen molar-refractivity contribution in [2.75, 3.05) is 13.7 Å². The highest BCUT2D eigenvalue weighted by molar-refractivity contribution is 6.30. The molecule has 1 heterocycles. The number of rotatable bonds is 7. The van der Waals surface area contributed by atoms with E-state index in [4.69, 9.17) is 25.8 Å². The zero-order chi connectivity index (χ0) is 21.7. The summed E-state index contributed by atoms with van der Waals surface area (Å²) >= 11 is 6.03. The number of halogens is 1. The highest BCUT2D eigenvalue weighted by Gasteiger charge is 2.32. The van der Waals surface area contributed by atoms with E-state index < -0.39 is 18.0 Å². The topological polar surface area (TPSA) is 85.9 Å². The summed E-state index contributed by atoms with van der Waals surface area (Å²) in [6.45, 7) is 4.26. The summed E-state index contributed by atoms with van der Waals surface area (Å²) < 4.78 is 16.6. The van der Waals surface area contributed by atoms with Crippen LogP contribution < -0.4 is 20.1 Å². The van der Waals surface area contributed by atoms with Crippen LogP contribution in [0.1, 0.15) is 31.0 Å². The van der Waals surface area contributed by atoms with Crippen LogP contribution in [0.3, 0.4) is 0 Å². The molecule has 0 aromatic heterocycles. The predicted octanol–water partition coefficient (Wildman–Crippen LogP) is 4.12. The number of carbonyl (C=O) groups is 2. The molecule has 0 saturated carbocycles. The van der Waals surface area contributed by atoms with E-state index in [9.17, 15) is 9.59 Å². The Morgan fingerprint density at radius 3 is 2.63 bits per heavy atom. The first-order chi connectivity index (χ1) is 14.4. The fraction of sp³-hybridized carbons (Fsp3) is 0.273. The molecule has 1 unspecified atom stereocenters. The van der Waals surface area contributed by atoms with Gasteiger partial charge in [0, 0.05) is 10.7 Å². The van der Waals surface area contributed by atoms with E-state index in [2.05, 4.69) is 10.6 Å². The average molecular weight is 431 g/mol. The molecule has 1 aliphatic heterocycles. The van der Waals surface area contributed by atoms with E-state index in [-0.39, 0.29) is 0 Å². The molecule has 158 valence electrons. The number of esters is 1. The third-order valence-electron chi connectivity index (χ3n) is 4.56. The Morgan fingerprint density at radius 2 is 1.93 bits per heavy atom. The molecule has 2 aromatic carbocycles. The number of hydrogen-bond acceptors (Lipinski definition) is 5. The zero-order valence-electron chi connectivity index (χ0n) is 17.0. The van der Waals surface area contributed by atoms with Crippen LogP contribution in [0, 0.1) is 0 Å². The first-order valence-electron chi connectivity index (χ1n) is 9.43. The van der Waals surface area contributed by atoms with Crippen molar-refractivity contribution in [3.63, 3.8) is 0 Å². The summed E-state index contributed by atoms with van der Waals surface area (Å²) in [5.41, 5.74) is 2.36. The summed E-state index contributed by atoms with van der Waals surface area (Å²) in [5.74, 6) is 0.525. The normalized spacial score (nSPS) is 15.9. The van der Waals surface area contributed by atoms with Crippen molar-refractivity contribution in [3.05, 3.63) is 69.9 Å². The Labute approximate surface area is 180 Å². The van der Waals surface area contributed by atoms with Crippen molar-refractivity contribution in [2.24, 2.45) is 0 Å². The lowest BCUT2D eigenvalue weighted by molar-refractivity contribution is -0.136. The molecule has 0 bridgehead atoms.